The summed E-state index contributed by atoms with van der Waals surface area (Å²) in [4.78, 5) is 15.9. The predicted octanol–water partition coefficient (Wildman–Crippen LogP) is 4.57. The van der Waals surface area contributed by atoms with E-state index < -0.39 is 23.3 Å². The summed E-state index contributed by atoms with van der Waals surface area (Å²) < 4.78 is 25.5. The minimum Gasteiger partial charge on any atom is -0.418 e. The Hall–Kier alpha value is -3.63. The van der Waals surface area contributed by atoms with Crippen LogP contribution in [0.5, 0.6) is 11.5 Å². The molecule has 3 rings (SSSR count). The minimum absolute atomic E-state index is 0.318. The van der Waals surface area contributed by atoms with E-state index in [1.54, 1.807) is 60.7 Å². The lowest BCUT2D eigenvalue weighted by molar-refractivity contribution is 0.0849. The molecule has 2 atom stereocenters. The number of aryl methyl sites for hydroxylation is 1. The van der Waals surface area contributed by atoms with Crippen LogP contribution in [0.25, 0.3) is 4.85 Å². The Balaban J connectivity index is 1.62. The van der Waals surface area contributed by atoms with Crippen LogP contribution >= 0.6 is 0 Å². The van der Waals surface area contributed by atoms with Gasteiger partial charge in [0, 0.05) is 11.3 Å². The molecule has 0 amide bonds. The highest BCUT2D eigenvalue weighted by Crippen LogP contribution is 2.18. The van der Waals surface area contributed by atoms with E-state index in [1.807, 2.05) is 25.1 Å². The average molecular weight is 406 g/mol. The SMILES string of the molecule is [C-]#[N+]C(Oc1ccc(C)cc1)C(=O)c1ccc(NS(=O)Oc2ccccc2)cc1. The molecule has 1 N–H and O–H groups in total. The molecule has 7 heteroatoms. The van der Waals surface area contributed by atoms with Gasteiger partial charge in [-0.15, -0.1) is 0 Å². The van der Waals surface area contributed by atoms with Crippen molar-refractivity contribution in [2.24, 2.45) is 0 Å². The highest BCUT2D eigenvalue weighted by molar-refractivity contribution is 7.81. The Kier molecular flexibility index (Phi) is 6.61. The lowest BCUT2D eigenvalue weighted by atomic mass is 10.1. The smallest absolute Gasteiger partial charge is 0.418 e. The van der Waals surface area contributed by atoms with Gasteiger partial charge >= 0.3 is 17.5 Å². The molecule has 0 saturated heterocycles. The Morgan fingerprint density at radius 1 is 0.966 bits per heavy atom. The van der Waals surface area contributed by atoms with E-state index in [2.05, 4.69) is 9.57 Å². The fourth-order valence-corrected chi connectivity index (χ4v) is 3.07. The second kappa shape index (κ2) is 9.53. The van der Waals surface area contributed by atoms with E-state index >= 15 is 0 Å². The molecule has 0 spiro atoms. The van der Waals surface area contributed by atoms with Crippen LogP contribution in [0.1, 0.15) is 15.9 Å². The molecule has 2 unspecified atom stereocenters. The number of nitrogens with zero attached hydrogens (tertiary/aromatic N) is 1. The molecule has 3 aromatic carbocycles. The van der Waals surface area contributed by atoms with Crippen molar-refractivity contribution in [3.05, 3.63) is 101 Å². The molecular weight excluding hydrogens is 388 g/mol. The number of hydrogen-bond donors (Lipinski definition) is 1. The number of ether oxygens (including phenoxy) is 1. The zero-order valence-corrected chi connectivity index (χ0v) is 16.4. The number of para-hydroxylation sites is 1. The van der Waals surface area contributed by atoms with Gasteiger partial charge in [0.05, 0.1) is 0 Å². The summed E-state index contributed by atoms with van der Waals surface area (Å²) >= 11 is -1.79. The Bertz CT molecular complexity index is 1030. The van der Waals surface area contributed by atoms with Gasteiger partial charge in [0.1, 0.15) is 11.5 Å². The predicted molar refractivity (Wildman–Crippen MR) is 112 cm³/mol. The first-order valence-corrected chi connectivity index (χ1v) is 9.78. The van der Waals surface area contributed by atoms with E-state index in [9.17, 15) is 9.00 Å². The summed E-state index contributed by atoms with van der Waals surface area (Å²) in [6, 6.07) is 22.2. The first kappa shape index (κ1) is 20.1. The van der Waals surface area contributed by atoms with Crippen molar-refractivity contribution in [3.63, 3.8) is 0 Å². The molecule has 0 fully saturated rings. The number of benzene rings is 3. The largest absolute Gasteiger partial charge is 0.431 e. The zero-order chi connectivity index (χ0) is 20.6. The first-order valence-electron chi connectivity index (χ1n) is 8.71. The highest BCUT2D eigenvalue weighted by Gasteiger charge is 2.27. The Morgan fingerprint density at radius 2 is 1.62 bits per heavy atom. The number of nitrogens with one attached hydrogen (secondary N) is 1. The molecule has 0 saturated carbocycles. The molecule has 0 aromatic heterocycles. The average Bonchev–Trinajstić information content (AvgIpc) is 2.74. The van der Waals surface area contributed by atoms with Gasteiger partial charge in [0.25, 0.3) is 5.78 Å². The van der Waals surface area contributed by atoms with Crippen LogP contribution in [0.2, 0.25) is 0 Å². The molecule has 6 nitrogen and oxygen atoms in total. The molecule has 0 aliphatic heterocycles. The highest BCUT2D eigenvalue weighted by atomic mass is 32.2. The molecule has 146 valence electrons. The normalized spacial score (nSPS) is 12.3. The topological polar surface area (TPSA) is 69.0 Å². The summed E-state index contributed by atoms with van der Waals surface area (Å²) in [5.74, 6) is 0.476. The third kappa shape index (κ3) is 5.67. The summed E-state index contributed by atoms with van der Waals surface area (Å²) in [6.45, 7) is 9.22. The van der Waals surface area contributed by atoms with Crippen molar-refractivity contribution >= 4 is 22.7 Å². The van der Waals surface area contributed by atoms with Crippen molar-refractivity contribution in [2.45, 2.75) is 13.2 Å². The van der Waals surface area contributed by atoms with Crippen molar-refractivity contribution in [3.8, 4) is 11.5 Å². The van der Waals surface area contributed by atoms with Crippen LogP contribution in [0.4, 0.5) is 5.69 Å². The minimum atomic E-state index is -1.79. The lowest BCUT2D eigenvalue weighted by Crippen LogP contribution is -2.23. The zero-order valence-electron chi connectivity index (χ0n) is 15.6. The van der Waals surface area contributed by atoms with E-state index in [4.69, 9.17) is 15.5 Å². The Morgan fingerprint density at radius 3 is 2.24 bits per heavy atom. The van der Waals surface area contributed by atoms with E-state index in [1.165, 1.54) is 0 Å². The van der Waals surface area contributed by atoms with Crippen molar-refractivity contribution in [2.75, 3.05) is 4.72 Å². The summed E-state index contributed by atoms with van der Waals surface area (Å²) in [5.41, 5.74) is 1.88. The molecule has 0 aliphatic carbocycles. The van der Waals surface area contributed by atoms with Gasteiger partial charge in [-0.1, -0.05) is 35.9 Å². The molecule has 0 bridgehead atoms. The van der Waals surface area contributed by atoms with Crippen molar-refractivity contribution in [1.82, 2.24) is 0 Å². The maximum atomic E-state index is 12.6. The molecular formula is C22H18N2O4S. The number of carbonyl (C=O) groups is 1. The van der Waals surface area contributed by atoms with Crippen molar-refractivity contribution in [1.29, 1.82) is 0 Å². The standard InChI is InChI=1S/C22H18N2O4S/c1-16-8-14-19(15-9-16)27-22(23-2)21(25)17-10-12-18(13-11-17)24-29(26)28-20-6-4-3-5-7-20/h3-15,22,24H,1H3. The second-order valence-corrected chi connectivity index (χ2v) is 6.93. The fraction of sp³-hybridized carbons (Fsp3) is 0.0909. The van der Waals surface area contributed by atoms with Gasteiger partial charge in [-0.25, -0.2) is 6.57 Å². The second-order valence-electron chi connectivity index (χ2n) is 6.09. The first-order chi connectivity index (χ1) is 14.0. The fourth-order valence-electron chi connectivity index (χ4n) is 2.41. The third-order valence-electron chi connectivity index (χ3n) is 3.90. The summed E-state index contributed by atoms with van der Waals surface area (Å²) in [7, 11) is 0. The number of hydrogen-bond acceptors (Lipinski definition) is 4. The Labute approximate surface area is 171 Å². The van der Waals surface area contributed by atoms with Crippen LogP contribution < -0.4 is 13.6 Å². The summed E-state index contributed by atoms with van der Waals surface area (Å²) in [5, 5.41) is 0. The van der Waals surface area contributed by atoms with Crippen LogP contribution in [0.15, 0.2) is 78.9 Å². The molecule has 0 radical (unpaired) electrons. The third-order valence-corrected chi connectivity index (χ3v) is 4.64. The maximum absolute atomic E-state index is 12.6. The van der Waals surface area contributed by atoms with Gasteiger partial charge < -0.3 is 8.92 Å². The monoisotopic (exact) mass is 406 g/mol. The van der Waals surface area contributed by atoms with Gasteiger partial charge in [-0.3, -0.25) is 14.4 Å². The number of anilines is 1. The van der Waals surface area contributed by atoms with Crippen LogP contribution in [0.3, 0.4) is 0 Å². The van der Waals surface area contributed by atoms with Crippen LogP contribution in [-0.2, 0) is 11.3 Å². The summed E-state index contributed by atoms with van der Waals surface area (Å²) in [6.07, 6.45) is -1.27. The number of rotatable bonds is 8. The number of carbonyl (C=O) groups excluding carboxylic acids is 1. The molecule has 0 aliphatic rings. The van der Waals surface area contributed by atoms with Gasteiger partial charge in [-0.2, -0.15) is 4.21 Å². The number of ketones is 1. The van der Waals surface area contributed by atoms with Crippen molar-refractivity contribution < 1.29 is 17.9 Å². The van der Waals surface area contributed by atoms with E-state index in [0.29, 0.717) is 22.7 Å². The van der Waals surface area contributed by atoms with Gasteiger partial charge in [0.2, 0.25) is 0 Å². The lowest BCUT2D eigenvalue weighted by Gasteiger charge is -2.10. The van der Waals surface area contributed by atoms with Crippen LogP contribution in [-0.4, -0.2) is 16.2 Å². The molecule has 29 heavy (non-hydrogen) atoms. The van der Waals surface area contributed by atoms with E-state index in [-0.39, 0.29) is 0 Å². The molecule has 3 aromatic rings. The molecule has 0 heterocycles. The van der Waals surface area contributed by atoms with Gasteiger partial charge in [-0.05, 0) is 55.5 Å². The quantitative estimate of drug-likeness (QED) is 0.439. The van der Waals surface area contributed by atoms with Crippen LogP contribution in [0, 0.1) is 13.5 Å². The van der Waals surface area contributed by atoms with Gasteiger partial charge in [0.15, 0.2) is 0 Å². The number of Topliss-reactive ketones (excluding diaryl/α,β-unsaturated/α-hetero) is 1. The maximum Gasteiger partial charge on any atom is 0.431 e. The van der Waals surface area contributed by atoms with E-state index in [0.717, 1.165) is 5.56 Å².